The fourth-order valence-electron chi connectivity index (χ4n) is 2.13. The van der Waals surface area contributed by atoms with Crippen LogP contribution in [0.2, 0.25) is 0 Å². The van der Waals surface area contributed by atoms with E-state index in [1.165, 1.54) is 6.07 Å². The third kappa shape index (κ3) is 4.21. The van der Waals surface area contributed by atoms with Crippen LogP contribution in [0.25, 0.3) is 0 Å². The van der Waals surface area contributed by atoms with Gasteiger partial charge < -0.3 is 5.73 Å². The summed E-state index contributed by atoms with van der Waals surface area (Å²) < 4.78 is 14.4. The fourth-order valence-corrected chi connectivity index (χ4v) is 2.46. The van der Waals surface area contributed by atoms with Gasteiger partial charge in [-0.1, -0.05) is 22.0 Å². The monoisotopic (exact) mass is 322 g/mol. The van der Waals surface area contributed by atoms with Crippen LogP contribution in [-0.4, -0.2) is 24.0 Å². The van der Waals surface area contributed by atoms with Gasteiger partial charge in [0.15, 0.2) is 0 Å². The highest BCUT2D eigenvalue weighted by molar-refractivity contribution is 9.10. The van der Waals surface area contributed by atoms with E-state index in [0.29, 0.717) is 6.54 Å². The van der Waals surface area contributed by atoms with Gasteiger partial charge in [0.25, 0.3) is 0 Å². The summed E-state index contributed by atoms with van der Waals surface area (Å²) in [7, 11) is 0. The fraction of sp³-hybridized carbons (Fsp3) is 0.500. The lowest BCUT2D eigenvalue weighted by molar-refractivity contribution is 0.199. The van der Waals surface area contributed by atoms with Crippen molar-refractivity contribution >= 4 is 28.3 Å². The van der Waals surface area contributed by atoms with Gasteiger partial charge in [-0.2, -0.15) is 0 Å². The van der Waals surface area contributed by atoms with Crippen LogP contribution in [0.4, 0.5) is 4.39 Å². The summed E-state index contributed by atoms with van der Waals surface area (Å²) in [6, 6.07) is 5.47. The van der Waals surface area contributed by atoms with Crippen molar-refractivity contribution in [3.8, 4) is 0 Å². The molecule has 1 aliphatic heterocycles. The van der Waals surface area contributed by atoms with E-state index in [9.17, 15) is 4.39 Å². The van der Waals surface area contributed by atoms with Crippen molar-refractivity contribution in [2.24, 2.45) is 5.73 Å². The van der Waals surface area contributed by atoms with Gasteiger partial charge in [0.1, 0.15) is 5.82 Å². The summed E-state index contributed by atoms with van der Waals surface area (Å²) in [6.07, 6.45) is 2.19. The molecule has 0 bridgehead atoms. The van der Waals surface area contributed by atoms with Gasteiger partial charge in [-0.25, -0.2) is 4.39 Å². The van der Waals surface area contributed by atoms with E-state index in [1.807, 2.05) is 12.1 Å². The molecule has 0 saturated carbocycles. The first-order valence-corrected chi connectivity index (χ1v) is 6.36. The standard InChI is InChI=1S/C12H16BrFN2.ClH/c13-10-4-3-9(12(14)6-10)7-16-5-1-2-11(15)8-16;/h3-4,6,11H,1-2,5,7-8,15H2;1H/t11-;/m1./s1. The average Bonchev–Trinajstić information content (AvgIpc) is 2.22. The zero-order valence-corrected chi connectivity index (χ0v) is 11.9. The first kappa shape index (κ1) is 14.9. The molecule has 0 spiro atoms. The molecule has 96 valence electrons. The van der Waals surface area contributed by atoms with Crippen LogP contribution in [0, 0.1) is 5.82 Å². The lowest BCUT2D eigenvalue weighted by Gasteiger charge is -2.30. The molecule has 2 N–H and O–H groups in total. The maximum absolute atomic E-state index is 13.6. The SMILES string of the molecule is Cl.N[C@@H]1CCCN(Cc2ccc(Br)cc2F)C1. The van der Waals surface area contributed by atoms with Crippen LogP contribution in [-0.2, 0) is 6.54 Å². The van der Waals surface area contributed by atoms with Gasteiger partial charge in [-0.05, 0) is 31.5 Å². The Hall–Kier alpha value is -0.160. The van der Waals surface area contributed by atoms with Crippen LogP contribution in [0.5, 0.6) is 0 Å². The molecule has 0 amide bonds. The number of likely N-dealkylation sites (tertiary alicyclic amines) is 1. The molecular weight excluding hydrogens is 307 g/mol. The second-order valence-electron chi connectivity index (χ2n) is 4.37. The zero-order chi connectivity index (χ0) is 11.5. The van der Waals surface area contributed by atoms with Crippen LogP contribution in [0.15, 0.2) is 22.7 Å². The average molecular weight is 324 g/mol. The molecule has 2 nitrogen and oxygen atoms in total. The summed E-state index contributed by atoms with van der Waals surface area (Å²) >= 11 is 3.26. The molecule has 1 heterocycles. The zero-order valence-electron chi connectivity index (χ0n) is 9.53. The Kier molecular flexibility index (Phi) is 5.86. The number of piperidine rings is 1. The predicted molar refractivity (Wildman–Crippen MR) is 73.8 cm³/mol. The molecule has 1 aliphatic rings. The van der Waals surface area contributed by atoms with E-state index in [0.717, 1.165) is 36.0 Å². The maximum atomic E-state index is 13.6. The molecule has 17 heavy (non-hydrogen) atoms. The van der Waals surface area contributed by atoms with Gasteiger partial charge in [-0.3, -0.25) is 4.90 Å². The number of hydrogen-bond acceptors (Lipinski definition) is 2. The molecule has 1 aromatic carbocycles. The van der Waals surface area contributed by atoms with E-state index in [-0.39, 0.29) is 24.3 Å². The molecule has 0 aromatic heterocycles. The first-order chi connectivity index (χ1) is 7.65. The second-order valence-corrected chi connectivity index (χ2v) is 5.29. The lowest BCUT2D eigenvalue weighted by atomic mass is 10.1. The highest BCUT2D eigenvalue weighted by Crippen LogP contribution is 2.18. The molecule has 5 heteroatoms. The highest BCUT2D eigenvalue weighted by atomic mass is 79.9. The van der Waals surface area contributed by atoms with E-state index in [1.54, 1.807) is 0 Å². The van der Waals surface area contributed by atoms with Gasteiger partial charge in [0.2, 0.25) is 0 Å². The Morgan fingerprint density at radius 3 is 2.88 bits per heavy atom. The third-order valence-corrected chi connectivity index (χ3v) is 3.44. The quantitative estimate of drug-likeness (QED) is 0.907. The summed E-state index contributed by atoms with van der Waals surface area (Å²) in [6.45, 7) is 2.55. The van der Waals surface area contributed by atoms with Crippen molar-refractivity contribution in [2.75, 3.05) is 13.1 Å². The van der Waals surface area contributed by atoms with Gasteiger partial charge in [0, 0.05) is 29.2 Å². The number of rotatable bonds is 2. The molecule has 1 atom stereocenters. The van der Waals surface area contributed by atoms with Crippen LogP contribution < -0.4 is 5.73 Å². The van der Waals surface area contributed by atoms with Crippen molar-refractivity contribution in [3.63, 3.8) is 0 Å². The Bertz CT molecular complexity index is 376. The largest absolute Gasteiger partial charge is 0.327 e. The summed E-state index contributed by atoms with van der Waals surface area (Å²) in [5.41, 5.74) is 6.65. The summed E-state index contributed by atoms with van der Waals surface area (Å²) in [5, 5.41) is 0. The topological polar surface area (TPSA) is 29.3 Å². The molecule has 2 rings (SSSR count). The Morgan fingerprint density at radius 1 is 1.47 bits per heavy atom. The lowest BCUT2D eigenvalue weighted by Crippen LogP contribution is -2.42. The molecule has 1 saturated heterocycles. The molecule has 1 aromatic rings. The summed E-state index contributed by atoms with van der Waals surface area (Å²) in [4.78, 5) is 2.22. The minimum absolute atomic E-state index is 0. The minimum Gasteiger partial charge on any atom is -0.327 e. The number of nitrogens with zero attached hydrogens (tertiary/aromatic N) is 1. The van der Waals surface area contributed by atoms with Gasteiger partial charge >= 0.3 is 0 Å². The van der Waals surface area contributed by atoms with E-state index >= 15 is 0 Å². The van der Waals surface area contributed by atoms with Crippen molar-refractivity contribution in [3.05, 3.63) is 34.1 Å². The maximum Gasteiger partial charge on any atom is 0.128 e. The molecule has 0 radical (unpaired) electrons. The molecular formula is C12H17BrClFN2. The Morgan fingerprint density at radius 2 is 2.24 bits per heavy atom. The van der Waals surface area contributed by atoms with Crippen molar-refractivity contribution in [1.29, 1.82) is 0 Å². The minimum atomic E-state index is -0.145. The van der Waals surface area contributed by atoms with E-state index < -0.39 is 0 Å². The van der Waals surface area contributed by atoms with Crippen LogP contribution >= 0.6 is 28.3 Å². The highest BCUT2D eigenvalue weighted by Gasteiger charge is 2.17. The normalized spacial score (nSPS) is 21.0. The Balaban J connectivity index is 0.00000144. The number of halogens is 3. The van der Waals surface area contributed by atoms with Crippen LogP contribution in [0.1, 0.15) is 18.4 Å². The molecule has 0 aliphatic carbocycles. The van der Waals surface area contributed by atoms with Crippen molar-refractivity contribution in [1.82, 2.24) is 4.90 Å². The van der Waals surface area contributed by atoms with Crippen molar-refractivity contribution < 1.29 is 4.39 Å². The molecule has 1 fully saturated rings. The summed E-state index contributed by atoms with van der Waals surface area (Å²) in [5.74, 6) is -0.145. The predicted octanol–water partition coefficient (Wildman–Crippen LogP) is 2.93. The van der Waals surface area contributed by atoms with Crippen molar-refractivity contribution in [2.45, 2.75) is 25.4 Å². The van der Waals surface area contributed by atoms with E-state index in [2.05, 4.69) is 20.8 Å². The number of nitrogens with two attached hydrogens (primary N) is 1. The third-order valence-electron chi connectivity index (χ3n) is 2.95. The number of hydrogen-bond donors (Lipinski definition) is 1. The smallest absolute Gasteiger partial charge is 0.128 e. The van der Waals surface area contributed by atoms with Crippen LogP contribution in [0.3, 0.4) is 0 Å². The van der Waals surface area contributed by atoms with Gasteiger partial charge in [0.05, 0.1) is 0 Å². The first-order valence-electron chi connectivity index (χ1n) is 5.57. The van der Waals surface area contributed by atoms with E-state index in [4.69, 9.17) is 5.73 Å². The van der Waals surface area contributed by atoms with Gasteiger partial charge in [-0.15, -0.1) is 12.4 Å². The second kappa shape index (κ2) is 6.69. The Labute approximate surface area is 116 Å². The number of benzene rings is 1. The molecule has 0 unspecified atom stereocenters.